The first-order valence-electron chi connectivity index (χ1n) is 17.3. The summed E-state index contributed by atoms with van der Waals surface area (Å²) in [5, 5.41) is 12.1. The molecule has 11 heteroatoms. The van der Waals surface area contributed by atoms with E-state index >= 15 is 0 Å². The van der Waals surface area contributed by atoms with Gasteiger partial charge >= 0.3 is 6.03 Å². The second-order valence-electron chi connectivity index (χ2n) is 12.7. The van der Waals surface area contributed by atoms with Crippen molar-refractivity contribution in [3.63, 3.8) is 0 Å². The Morgan fingerprint density at radius 1 is 0.706 bits per heavy atom. The van der Waals surface area contributed by atoms with Crippen molar-refractivity contribution in [3.05, 3.63) is 137 Å². The number of nitrogens with one attached hydrogen (secondary N) is 4. The average molecular weight is 712 g/mol. The summed E-state index contributed by atoms with van der Waals surface area (Å²) in [6, 6.07) is 30.0. The molecule has 0 radical (unpaired) electrons. The fourth-order valence-electron chi connectivity index (χ4n) is 6.03. The van der Waals surface area contributed by atoms with Crippen molar-refractivity contribution >= 4 is 41.0 Å². The molecule has 0 spiro atoms. The number of carbonyl (C=O) groups is 4. The maximum atomic E-state index is 14.0. The van der Waals surface area contributed by atoms with Crippen LogP contribution in [0.25, 0.3) is 0 Å². The molecule has 1 saturated heterocycles. The summed E-state index contributed by atoms with van der Waals surface area (Å²) >= 11 is 6.32. The Hall–Kier alpha value is -5.22. The summed E-state index contributed by atoms with van der Waals surface area (Å²) in [6.07, 6.45) is 2.61. The third kappa shape index (κ3) is 11.4. The van der Waals surface area contributed by atoms with Gasteiger partial charge in [0.25, 0.3) is 0 Å². The predicted molar refractivity (Wildman–Crippen MR) is 196 cm³/mol. The van der Waals surface area contributed by atoms with E-state index in [0.29, 0.717) is 62.3 Å². The molecule has 51 heavy (non-hydrogen) atoms. The van der Waals surface area contributed by atoms with Gasteiger partial charge in [0.05, 0.1) is 0 Å². The Kier molecular flexibility index (Phi) is 13.6. The van der Waals surface area contributed by atoms with Crippen LogP contribution in [0.2, 0.25) is 5.02 Å². The van der Waals surface area contributed by atoms with E-state index in [1.807, 2.05) is 78.9 Å². The van der Waals surface area contributed by atoms with Crippen molar-refractivity contribution in [1.82, 2.24) is 20.9 Å². The third-order valence-electron chi connectivity index (χ3n) is 9.05. The van der Waals surface area contributed by atoms with Crippen molar-refractivity contribution in [2.24, 2.45) is 5.92 Å². The topological polar surface area (TPSA) is 120 Å². The highest BCUT2D eigenvalue weighted by Crippen LogP contribution is 2.21. The highest BCUT2D eigenvalue weighted by molar-refractivity contribution is 6.31. The Labute approximate surface area is 303 Å². The van der Waals surface area contributed by atoms with Crippen molar-refractivity contribution in [2.45, 2.75) is 57.2 Å². The minimum Gasteiger partial charge on any atom is -0.350 e. The first kappa shape index (κ1) is 37.0. The summed E-state index contributed by atoms with van der Waals surface area (Å²) in [5.41, 5.74) is 3.30. The molecule has 0 aromatic heterocycles. The molecule has 5 rings (SSSR count). The van der Waals surface area contributed by atoms with Crippen molar-refractivity contribution in [3.8, 4) is 0 Å². The molecule has 4 aromatic carbocycles. The molecule has 0 bridgehead atoms. The van der Waals surface area contributed by atoms with E-state index in [-0.39, 0.29) is 30.1 Å². The van der Waals surface area contributed by atoms with Crippen LogP contribution in [0.1, 0.15) is 42.4 Å². The van der Waals surface area contributed by atoms with Crippen molar-refractivity contribution in [2.75, 3.05) is 18.4 Å². The number of hydrogen-bond donors (Lipinski definition) is 4. The molecular formula is C40H43ClFN5O4. The van der Waals surface area contributed by atoms with Gasteiger partial charge in [0, 0.05) is 36.3 Å². The molecule has 5 amide bonds. The zero-order valence-electron chi connectivity index (χ0n) is 28.3. The molecule has 0 aliphatic carbocycles. The number of rotatable bonds is 14. The summed E-state index contributed by atoms with van der Waals surface area (Å²) in [6.45, 7) is 0.845. The number of amides is 5. The van der Waals surface area contributed by atoms with Crippen LogP contribution in [-0.4, -0.2) is 53.8 Å². The van der Waals surface area contributed by atoms with Crippen LogP contribution in [0.5, 0.6) is 0 Å². The third-order valence-corrected chi connectivity index (χ3v) is 9.42. The van der Waals surface area contributed by atoms with Crippen LogP contribution in [0.3, 0.4) is 0 Å². The van der Waals surface area contributed by atoms with Crippen LogP contribution in [0, 0.1) is 11.7 Å². The molecule has 1 fully saturated rings. The Balaban J connectivity index is 1.23. The number of benzene rings is 4. The number of nitrogens with zero attached hydrogens (tertiary/aromatic N) is 1. The number of piperidine rings is 1. The molecule has 266 valence electrons. The van der Waals surface area contributed by atoms with Crippen LogP contribution in [-0.2, 0) is 33.8 Å². The fraction of sp³-hybridized carbons (Fsp3) is 0.300. The Bertz CT molecular complexity index is 1750. The smallest absolute Gasteiger partial charge is 0.318 e. The molecule has 4 N–H and O–H groups in total. The first-order valence-corrected chi connectivity index (χ1v) is 17.6. The van der Waals surface area contributed by atoms with Gasteiger partial charge < -0.3 is 26.2 Å². The summed E-state index contributed by atoms with van der Waals surface area (Å²) in [7, 11) is 0. The van der Waals surface area contributed by atoms with E-state index in [0.717, 1.165) is 16.7 Å². The second-order valence-corrected chi connectivity index (χ2v) is 13.1. The van der Waals surface area contributed by atoms with Gasteiger partial charge in [0.15, 0.2) is 0 Å². The van der Waals surface area contributed by atoms with E-state index in [1.54, 1.807) is 11.0 Å². The quantitative estimate of drug-likeness (QED) is 0.123. The SMILES string of the molecule is O=C(Nc1ccc(F)cc1)C1CCN(C(=O)N[C@@H](CCc2ccccc2)C(=O)N[C@@H](CCc2ccccc2)C(=O)NCc2ccccc2Cl)CC1. The summed E-state index contributed by atoms with van der Waals surface area (Å²) in [5.74, 6) is -1.70. The number of hydrogen-bond acceptors (Lipinski definition) is 4. The molecule has 9 nitrogen and oxygen atoms in total. The van der Waals surface area contributed by atoms with E-state index < -0.39 is 24.0 Å². The molecule has 0 unspecified atom stereocenters. The monoisotopic (exact) mass is 711 g/mol. The van der Waals surface area contributed by atoms with Crippen molar-refractivity contribution in [1.29, 1.82) is 0 Å². The standard InChI is InChI=1S/C40H43ClFN5O4/c41-34-14-8-7-13-31(34)27-43-38(49)35(21-15-28-9-3-1-4-10-28)45-39(50)36(22-16-29-11-5-2-6-12-29)46-40(51)47-25-23-30(24-26-47)37(48)44-33-19-17-32(42)18-20-33/h1-14,17-20,30,35-36H,15-16,21-27H2,(H,43,49)(H,44,48)(H,45,50)(H,46,51)/t35-,36-/m0/s1. The first-order chi connectivity index (χ1) is 24.7. The van der Waals surface area contributed by atoms with Gasteiger partial charge in [-0.15, -0.1) is 0 Å². The largest absolute Gasteiger partial charge is 0.350 e. The maximum Gasteiger partial charge on any atom is 0.318 e. The molecule has 4 aromatic rings. The number of carbonyl (C=O) groups excluding carboxylic acids is 4. The molecule has 1 aliphatic rings. The number of likely N-dealkylation sites (tertiary alicyclic amines) is 1. The lowest BCUT2D eigenvalue weighted by Gasteiger charge is -2.33. The second kappa shape index (κ2) is 18.7. The minimum absolute atomic E-state index is 0.184. The van der Waals surface area contributed by atoms with E-state index in [9.17, 15) is 23.6 Å². The molecular weight excluding hydrogens is 669 g/mol. The zero-order valence-corrected chi connectivity index (χ0v) is 29.1. The normalized spacial score (nSPS) is 14.2. The highest BCUT2D eigenvalue weighted by Gasteiger charge is 2.31. The van der Waals surface area contributed by atoms with E-state index in [1.165, 1.54) is 24.3 Å². The predicted octanol–water partition coefficient (Wildman–Crippen LogP) is 6.27. The van der Waals surface area contributed by atoms with Crippen LogP contribution in [0.4, 0.5) is 14.9 Å². The Morgan fingerprint density at radius 2 is 1.25 bits per heavy atom. The van der Waals surface area contributed by atoms with Crippen LogP contribution < -0.4 is 21.3 Å². The van der Waals surface area contributed by atoms with Gasteiger partial charge in [-0.2, -0.15) is 0 Å². The molecule has 2 atom stereocenters. The lowest BCUT2D eigenvalue weighted by Crippen LogP contribution is -2.56. The van der Waals surface area contributed by atoms with Crippen LogP contribution >= 0.6 is 11.6 Å². The van der Waals surface area contributed by atoms with Gasteiger partial charge in [0.2, 0.25) is 17.7 Å². The lowest BCUT2D eigenvalue weighted by atomic mass is 9.96. The van der Waals surface area contributed by atoms with E-state index in [4.69, 9.17) is 11.6 Å². The van der Waals surface area contributed by atoms with Crippen molar-refractivity contribution < 1.29 is 23.6 Å². The van der Waals surface area contributed by atoms with Crippen LogP contribution in [0.15, 0.2) is 109 Å². The maximum absolute atomic E-state index is 14.0. The average Bonchev–Trinajstić information content (AvgIpc) is 3.16. The molecule has 0 saturated carbocycles. The lowest BCUT2D eigenvalue weighted by molar-refractivity contribution is -0.130. The number of halogens is 2. The summed E-state index contributed by atoms with van der Waals surface area (Å²) < 4.78 is 13.3. The van der Waals surface area contributed by atoms with Gasteiger partial charge in [-0.25, -0.2) is 9.18 Å². The van der Waals surface area contributed by atoms with Gasteiger partial charge in [-0.1, -0.05) is 90.5 Å². The number of urea groups is 1. The minimum atomic E-state index is -0.923. The molecule has 1 aliphatic heterocycles. The number of anilines is 1. The summed E-state index contributed by atoms with van der Waals surface area (Å²) in [4.78, 5) is 55.5. The zero-order chi connectivity index (χ0) is 36.0. The highest BCUT2D eigenvalue weighted by atomic mass is 35.5. The fourth-order valence-corrected chi connectivity index (χ4v) is 6.23. The molecule has 1 heterocycles. The van der Waals surface area contributed by atoms with Gasteiger partial charge in [-0.3, -0.25) is 14.4 Å². The van der Waals surface area contributed by atoms with Gasteiger partial charge in [-0.05, 0) is 85.5 Å². The Morgan fingerprint density at radius 3 is 1.84 bits per heavy atom. The van der Waals surface area contributed by atoms with Gasteiger partial charge in [0.1, 0.15) is 17.9 Å². The van der Waals surface area contributed by atoms with E-state index in [2.05, 4.69) is 21.3 Å². The number of aryl methyl sites for hydroxylation is 2.